The van der Waals surface area contributed by atoms with Crippen LogP contribution in [0.1, 0.15) is 25.3 Å². The Hall–Kier alpha value is -2.71. The Kier molecular flexibility index (Phi) is 5.51. The molecule has 2 unspecified atom stereocenters. The van der Waals surface area contributed by atoms with E-state index < -0.39 is 42.0 Å². The Labute approximate surface area is 164 Å². The van der Waals surface area contributed by atoms with Crippen molar-refractivity contribution >= 4 is 5.97 Å². The molecule has 158 valence electrons. The molecule has 0 amide bonds. The summed E-state index contributed by atoms with van der Waals surface area (Å²) in [5.74, 6) is -2.08. The average Bonchev–Trinajstić information content (AvgIpc) is 2.67. The number of ether oxygens (including phenoxy) is 3. The second kappa shape index (κ2) is 7.61. The molecule has 9 heteroatoms. The van der Waals surface area contributed by atoms with E-state index >= 15 is 0 Å². The molecular formula is C20H20F4O5. The molecule has 0 spiro atoms. The molecule has 29 heavy (non-hydrogen) atoms. The van der Waals surface area contributed by atoms with Crippen LogP contribution >= 0.6 is 0 Å². The normalized spacial score (nSPS) is 25.0. The van der Waals surface area contributed by atoms with Crippen LogP contribution in [0.5, 0.6) is 5.75 Å². The van der Waals surface area contributed by atoms with Crippen molar-refractivity contribution in [2.75, 3.05) is 13.7 Å². The van der Waals surface area contributed by atoms with Gasteiger partial charge in [0.05, 0.1) is 13.0 Å². The second-order valence-corrected chi connectivity index (χ2v) is 7.20. The molecule has 5 nitrogen and oxygen atoms in total. The number of rotatable bonds is 5. The van der Waals surface area contributed by atoms with Crippen molar-refractivity contribution in [2.45, 2.75) is 37.5 Å². The van der Waals surface area contributed by atoms with E-state index in [0.29, 0.717) is 5.75 Å². The zero-order chi connectivity index (χ0) is 21.4. The van der Waals surface area contributed by atoms with E-state index in [9.17, 15) is 27.5 Å². The molecule has 0 bridgehead atoms. The largest absolute Gasteiger partial charge is 0.497 e. The monoisotopic (exact) mass is 416 g/mol. The van der Waals surface area contributed by atoms with Gasteiger partial charge in [0.25, 0.3) is 0 Å². The highest BCUT2D eigenvalue weighted by Gasteiger charge is 2.47. The summed E-state index contributed by atoms with van der Waals surface area (Å²) in [6.45, 7) is 0.763. The first kappa shape index (κ1) is 21.0. The molecule has 3 atom stereocenters. The summed E-state index contributed by atoms with van der Waals surface area (Å²) >= 11 is 0. The first-order valence-corrected chi connectivity index (χ1v) is 8.91. The van der Waals surface area contributed by atoms with Crippen molar-refractivity contribution in [2.24, 2.45) is 5.92 Å². The fourth-order valence-electron chi connectivity index (χ4n) is 3.59. The van der Waals surface area contributed by atoms with Gasteiger partial charge in [-0.05, 0) is 30.7 Å². The Morgan fingerprint density at radius 1 is 1.41 bits per heavy atom. The van der Waals surface area contributed by atoms with E-state index in [2.05, 4.69) is 0 Å². The Balaban J connectivity index is 2.01. The summed E-state index contributed by atoms with van der Waals surface area (Å²) in [5.41, 5.74) is -0.974. The fourth-order valence-corrected chi connectivity index (χ4v) is 3.59. The number of methoxy groups -OCH3 is 1. The fraction of sp³-hybridized carbons (Fsp3) is 0.450. The molecule has 0 radical (unpaired) electrons. The van der Waals surface area contributed by atoms with Gasteiger partial charge in [-0.3, -0.25) is 4.79 Å². The first-order valence-electron chi connectivity index (χ1n) is 8.91. The third-order valence-corrected chi connectivity index (χ3v) is 5.15. The van der Waals surface area contributed by atoms with Crippen molar-refractivity contribution in [1.82, 2.24) is 0 Å². The Morgan fingerprint density at radius 3 is 2.76 bits per heavy atom. The molecular weight excluding hydrogens is 396 g/mol. The number of allylic oxidation sites excluding steroid dienone is 3. The van der Waals surface area contributed by atoms with Crippen LogP contribution in [0.4, 0.5) is 17.6 Å². The van der Waals surface area contributed by atoms with Gasteiger partial charge >= 0.3 is 12.1 Å². The summed E-state index contributed by atoms with van der Waals surface area (Å²) in [4.78, 5) is 11.5. The van der Waals surface area contributed by atoms with E-state index in [1.54, 1.807) is 0 Å². The van der Waals surface area contributed by atoms with Gasteiger partial charge in [0.15, 0.2) is 5.76 Å². The minimum Gasteiger partial charge on any atom is -0.497 e. The van der Waals surface area contributed by atoms with Gasteiger partial charge in [0.2, 0.25) is 6.10 Å². The van der Waals surface area contributed by atoms with Crippen molar-refractivity contribution in [3.05, 3.63) is 53.3 Å². The number of halogens is 4. The quantitative estimate of drug-likeness (QED) is 0.724. The lowest BCUT2D eigenvalue weighted by Crippen LogP contribution is -2.41. The highest BCUT2D eigenvalue weighted by molar-refractivity contribution is 5.70. The van der Waals surface area contributed by atoms with Crippen LogP contribution < -0.4 is 4.74 Å². The SMILES string of the molecule is COc1ccc(F)c(C2(C[C@@H](C)C(=O)O)C=CC3=C(C2)OCC(C(F)(F)F)O3)c1. The summed E-state index contributed by atoms with van der Waals surface area (Å²) in [6, 6.07) is 4.09. The zero-order valence-corrected chi connectivity index (χ0v) is 15.8. The molecule has 1 aliphatic heterocycles. The first-order chi connectivity index (χ1) is 13.6. The second-order valence-electron chi connectivity index (χ2n) is 7.20. The number of hydrogen-bond acceptors (Lipinski definition) is 4. The van der Waals surface area contributed by atoms with Gasteiger partial charge in [-0.2, -0.15) is 13.2 Å². The number of aliphatic carboxylic acids is 1. The number of alkyl halides is 3. The molecule has 1 aliphatic carbocycles. The summed E-state index contributed by atoms with van der Waals surface area (Å²) in [6.07, 6.45) is -3.92. The van der Waals surface area contributed by atoms with Crippen LogP contribution in [0, 0.1) is 11.7 Å². The zero-order valence-electron chi connectivity index (χ0n) is 15.8. The Morgan fingerprint density at radius 2 is 2.14 bits per heavy atom. The van der Waals surface area contributed by atoms with Crippen LogP contribution in [0.15, 0.2) is 41.9 Å². The number of carboxylic acid groups (broad SMARTS) is 1. The topological polar surface area (TPSA) is 65.0 Å². The molecule has 1 N–H and O–H groups in total. The van der Waals surface area contributed by atoms with Crippen molar-refractivity contribution in [1.29, 1.82) is 0 Å². The predicted molar refractivity (Wildman–Crippen MR) is 93.7 cm³/mol. The van der Waals surface area contributed by atoms with E-state index in [1.165, 1.54) is 44.4 Å². The smallest absolute Gasteiger partial charge is 0.428 e. The van der Waals surface area contributed by atoms with Crippen molar-refractivity contribution in [3.63, 3.8) is 0 Å². The van der Waals surface area contributed by atoms with Gasteiger partial charge in [-0.1, -0.05) is 13.0 Å². The van der Waals surface area contributed by atoms with Gasteiger partial charge in [0.1, 0.15) is 23.9 Å². The molecule has 0 fully saturated rings. The van der Waals surface area contributed by atoms with Gasteiger partial charge in [-0.25, -0.2) is 4.39 Å². The maximum atomic E-state index is 14.8. The van der Waals surface area contributed by atoms with Crippen LogP contribution in [0.3, 0.4) is 0 Å². The standard InChI is InChI=1S/C20H20F4O5/c1-11(18(25)26)8-19(13-7-12(27-2)3-4-14(13)21)6-5-15-16(9-19)28-10-17(29-15)20(22,23)24/h3-7,11,17H,8-10H2,1-2H3,(H,25,26)/t11-,17?,19?/m1/s1. The van der Waals surface area contributed by atoms with E-state index in [0.717, 1.165) is 0 Å². The van der Waals surface area contributed by atoms with E-state index in [1.807, 2.05) is 0 Å². The predicted octanol–water partition coefficient (Wildman–Crippen LogP) is 4.33. The molecule has 2 aliphatic rings. The lowest BCUT2D eigenvalue weighted by atomic mass is 9.69. The third kappa shape index (κ3) is 4.18. The highest BCUT2D eigenvalue weighted by atomic mass is 19.4. The van der Waals surface area contributed by atoms with E-state index in [4.69, 9.17) is 14.2 Å². The number of hydrogen-bond donors (Lipinski definition) is 1. The van der Waals surface area contributed by atoms with Gasteiger partial charge in [0, 0.05) is 17.4 Å². The van der Waals surface area contributed by atoms with Crippen LogP contribution in [0.2, 0.25) is 0 Å². The molecule has 3 rings (SSSR count). The lowest BCUT2D eigenvalue weighted by Gasteiger charge is -2.39. The van der Waals surface area contributed by atoms with E-state index in [-0.39, 0.29) is 29.9 Å². The van der Waals surface area contributed by atoms with Gasteiger partial charge in [-0.15, -0.1) is 0 Å². The Bertz CT molecular complexity index is 861. The number of carbonyl (C=O) groups is 1. The molecule has 0 saturated heterocycles. The summed E-state index contributed by atoms with van der Waals surface area (Å²) in [5, 5.41) is 9.37. The molecule has 1 aromatic rings. The van der Waals surface area contributed by atoms with Crippen LogP contribution in [-0.2, 0) is 19.7 Å². The third-order valence-electron chi connectivity index (χ3n) is 5.15. The minimum absolute atomic E-state index is 0.00571. The number of benzene rings is 1. The molecule has 1 heterocycles. The van der Waals surface area contributed by atoms with Gasteiger partial charge < -0.3 is 19.3 Å². The lowest BCUT2D eigenvalue weighted by molar-refractivity contribution is -0.228. The molecule has 0 aromatic heterocycles. The average molecular weight is 416 g/mol. The summed E-state index contributed by atoms with van der Waals surface area (Å²) < 4.78 is 69.1. The van der Waals surface area contributed by atoms with Crippen molar-refractivity contribution < 1.29 is 41.7 Å². The maximum Gasteiger partial charge on any atom is 0.428 e. The minimum atomic E-state index is -4.59. The molecule has 0 saturated carbocycles. The number of carboxylic acids is 1. The highest BCUT2D eigenvalue weighted by Crippen LogP contribution is 2.46. The van der Waals surface area contributed by atoms with Crippen LogP contribution in [0.25, 0.3) is 0 Å². The molecule has 1 aromatic carbocycles. The maximum absolute atomic E-state index is 14.8. The van der Waals surface area contributed by atoms with Crippen molar-refractivity contribution in [3.8, 4) is 5.75 Å². The van der Waals surface area contributed by atoms with Crippen LogP contribution in [-0.4, -0.2) is 37.1 Å². The summed E-state index contributed by atoms with van der Waals surface area (Å²) in [7, 11) is 1.41.